The number of carbonyl (C=O) groups is 1. The molecule has 0 aliphatic carbocycles. The normalized spacial score (nSPS) is 10.3. The molecule has 0 atom stereocenters. The minimum Gasteiger partial charge on any atom is -0.325 e. The van der Waals surface area contributed by atoms with Gasteiger partial charge in [-0.05, 0) is 23.3 Å². The number of anilines is 1. The number of hydrogen-bond donors (Lipinski definition) is 2. The highest BCUT2D eigenvalue weighted by atomic mass is 32.1. The lowest BCUT2D eigenvalue weighted by Crippen LogP contribution is -2.11. The highest BCUT2D eigenvalue weighted by molar-refractivity contribution is 7.80. The molecule has 2 aromatic rings. The molecule has 16 heavy (non-hydrogen) atoms. The van der Waals surface area contributed by atoms with E-state index in [9.17, 15) is 4.79 Å². The van der Waals surface area contributed by atoms with Crippen molar-refractivity contribution in [1.82, 2.24) is 4.98 Å². The summed E-state index contributed by atoms with van der Waals surface area (Å²) in [5.41, 5.74) is 0.803. The maximum absolute atomic E-state index is 11.5. The van der Waals surface area contributed by atoms with Crippen molar-refractivity contribution in [2.45, 2.75) is 6.42 Å². The second-order valence-electron chi connectivity index (χ2n) is 3.42. The number of carbonyl (C=O) groups excluding carboxylic acids is 1. The van der Waals surface area contributed by atoms with Gasteiger partial charge in [-0.15, -0.1) is 0 Å². The number of nitrogens with one attached hydrogen (secondary N) is 1. The fourth-order valence-electron chi connectivity index (χ4n) is 1.54. The van der Waals surface area contributed by atoms with E-state index in [4.69, 9.17) is 0 Å². The van der Waals surface area contributed by atoms with Gasteiger partial charge in [0.2, 0.25) is 5.91 Å². The number of benzene rings is 1. The van der Waals surface area contributed by atoms with Crippen LogP contribution in [0.4, 0.5) is 5.69 Å². The molecule has 4 heteroatoms. The van der Waals surface area contributed by atoms with Gasteiger partial charge in [-0.1, -0.05) is 12.1 Å². The third kappa shape index (κ3) is 2.33. The Labute approximate surface area is 99.3 Å². The minimum atomic E-state index is -0.0219. The minimum absolute atomic E-state index is 0.0219. The first kappa shape index (κ1) is 11.0. The summed E-state index contributed by atoms with van der Waals surface area (Å²) in [5, 5.41) is 4.88. The van der Waals surface area contributed by atoms with Crippen LogP contribution in [-0.4, -0.2) is 16.6 Å². The molecule has 0 saturated heterocycles. The summed E-state index contributed by atoms with van der Waals surface area (Å²) in [6, 6.07) is 7.70. The van der Waals surface area contributed by atoms with Gasteiger partial charge in [-0.3, -0.25) is 9.78 Å². The summed E-state index contributed by atoms with van der Waals surface area (Å²) in [6.07, 6.45) is 3.91. The van der Waals surface area contributed by atoms with Gasteiger partial charge in [0.25, 0.3) is 0 Å². The van der Waals surface area contributed by atoms with Crippen LogP contribution in [0.3, 0.4) is 0 Å². The van der Waals surface area contributed by atoms with Crippen LogP contribution in [0.1, 0.15) is 6.42 Å². The van der Waals surface area contributed by atoms with Crippen LogP contribution in [0.5, 0.6) is 0 Å². The van der Waals surface area contributed by atoms with Crippen LogP contribution in [0.15, 0.2) is 36.7 Å². The molecule has 1 aromatic carbocycles. The smallest absolute Gasteiger partial charge is 0.225 e. The summed E-state index contributed by atoms with van der Waals surface area (Å²) in [4.78, 5) is 15.5. The van der Waals surface area contributed by atoms with Crippen LogP contribution in [0, 0.1) is 0 Å². The topological polar surface area (TPSA) is 42.0 Å². The Morgan fingerprint density at radius 2 is 2.25 bits per heavy atom. The molecule has 0 fully saturated rings. The zero-order chi connectivity index (χ0) is 11.4. The van der Waals surface area contributed by atoms with E-state index in [1.165, 1.54) is 0 Å². The van der Waals surface area contributed by atoms with Crippen LogP contribution in [0.2, 0.25) is 0 Å². The van der Waals surface area contributed by atoms with Crippen molar-refractivity contribution < 1.29 is 4.79 Å². The predicted molar refractivity (Wildman–Crippen MR) is 68.8 cm³/mol. The van der Waals surface area contributed by atoms with E-state index in [2.05, 4.69) is 22.9 Å². The van der Waals surface area contributed by atoms with Crippen molar-refractivity contribution in [2.75, 3.05) is 11.1 Å². The van der Waals surface area contributed by atoms with Gasteiger partial charge in [-0.25, -0.2) is 0 Å². The van der Waals surface area contributed by atoms with Crippen molar-refractivity contribution in [1.29, 1.82) is 0 Å². The van der Waals surface area contributed by atoms with Crippen LogP contribution < -0.4 is 5.32 Å². The Balaban J connectivity index is 2.33. The monoisotopic (exact) mass is 232 g/mol. The average molecular weight is 232 g/mol. The van der Waals surface area contributed by atoms with Gasteiger partial charge < -0.3 is 5.32 Å². The molecule has 0 radical (unpaired) electrons. The summed E-state index contributed by atoms with van der Waals surface area (Å²) in [7, 11) is 0. The lowest BCUT2D eigenvalue weighted by Gasteiger charge is -2.07. The summed E-state index contributed by atoms with van der Waals surface area (Å²) >= 11 is 4.03. The molecule has 1 amide bonds. The zero-order valence-corrected chi connectivity index (χ0v) is 9.58. The van der Waals surface area contributed by atoms with Gasteiger partial charge in [-0.2, -0.15) is 12.6 Å². The maximum atomic E-state index is 11.5. The zero-order valence-electron chi connectivity index (χ0n) is 8.68. The molecule has 1 aromatic heterocycles. The third-order valence-electron chi connectivity index (χ3n) is 2.30. The number of aromatic nitrogens is 1. The Hall–Kier alpha value is -1.55. The summed E-state index contributed by atoms with van der Waals surface area (Å²) in [6.45, 7) is 0. The fraction of sp³-hybridized carbons (Fsp3) is 0.167. The van der Waals surface area contributed by atoms with E-state index < -0.39 is 0 Å². The number of rotatable bonds is 3. The van der Waals surface area contributed by atoms with E-state index in [0.717, 1.165) is 16.5 Å². The number of fused-ring (bicyclic) bond motifs is 1. The van der Waals surface area contributed by atoms with Gasteiger partial charge in [0, 0.05) is 24.2 Å². The molecule has 3 nitrogen and oxygen atoms in total. The van der Waals surface area contributed by atoms with Gasteiger partial charge in [0.05, 0.1) is 5.69 Å². The number of thiol groups is 1. The SMILES string of the molecule is O=C(CCS)Nc1cccc2ccncc12. The maximum Gasteiger partial charge on any atom is 0.225 e. The number of amides is 1. The van der Waals surface area contributed by atoms with Crippen molar-refractivity contribution >= 4 is 35.0 Å². The van der Waals surface area contributed by atoms with Crippen LogP contribution >= 0.6 is 12.6 Å². The summed E-state index contributed by atoms with van der Waals surface area (Å²) in [5.74, 6) is 0.529. The Bertz CT molecular complexity index is 508. The lowest BCUT2D eigenvalue weighted by atomic mass is 10.1. The first-order valence-electron chi connectivity index (χ1n) is 5.05. The van der Waals surface area contributed by atoms with E-state index in [0.29, 0.717) is 12.2 Å². The Kier molecular flexibility index (Phi) is 3.41. The van der Waals surface area contributed by atoms with Crippen molar-refractivity contribution in [2.24, 2.45) is 0 Å². The first-order chi connectivity index (χ1) is 7.81. The first-order valence-corrected chi connectivity index (χ1v) is 5.68. The van der Waals surface area contributed by atoms with Gasteiger partial charge in [0.1, 0.15) is 0 Å². The fourth-order valence-corrected chi connectivity index (χ4v) is 1.74. The standard InChI is InChI=1S/C12H12N2OS/c15-12(5-7-16)14-11-3-1-2-9-4-6-13-8-10(9)11/h1-4,6,8,16H,5,7H2,(H,14,15). The van der Waals surface area contributed by atoms with E-state index in [1.807, 2.05) is 24.3 Å². The molecule has 82 valence electrons. The van der Waals surface area contributed by atoms with Crippen molar-refractivity contribution in [3.63, 3.8) is 0 Å². The Morgan fingerprint density at radius 1 is 1.38 bits per heavy atom. The van der Waals surface area contributed by atoms with E-state index in [-0.39, 0.29) is 5.91 Å². The average Bonchev–Trinajstić information content (AvgIpc) is 2.30. The molecule has 0 aliphatic rings. The van der Waals surface area contributed by atoms with Crippen molar-refractivity contribution in [3.8, 4) is 0 Å². The number of nitrogens with zero attached hydrogens (tertiary/aromatic N) is 1. The Morgan fingerprint density at radius 3 is 3.06 bits per heavy atom. The lowest BCUT2D eigenvalue weighted by molar-refractivity contribution is -0.115. The molecule has 0 saturated carbocycles. The molecule has 1 N–H and O–H groups in total. The molecule has 2 rings (SSSR count). The van der Waals surface area contributed by atoms with E-state index >= 15 is 0 Å². The van der Waals surface area contributed by atoms with E-state index in [1.54, 1.807) is 12.4 Å². The number of pyridine rings is 1. The molecular formula is C12H12N2OS. The molecule has 0 unspecified atom stereocenters. The van der Waals surface area contributed by atoms with Gasteiger partial charge >= 0.3 is 0 Å². The van der Waals surface area contributed by atoms with Crippen LogP contribution in [-0.2, 0) is 4.79 Å². The third-order valence-corrected chi connectivity index (χ3v) is 2.52. The molecule has 0 spiro atoms. The quantitative estimate of drug-likeness (QED) is 0.798. The highest BCUT2D eigenvalue weighted by Gasteiger charge is 2.04. The van der Waals surface area contributed by atoms with Crippen LogP contribution in [0.25, 0.3) is 10.8 Å². The number of hydrogen-bond acceptors (Lipinski definition) is 3. The van der Waals surface area contributed by atoms with Gasteiger partial charge in [0.15, 0.2) is 0 Å². The second-order valence-corrected chi connectivity index (χ2v) is 3.87. The second kappa shape index (κ2) is 4.99. The molecule has 0 aliphatic heterocycles. The highest BCUT2D eigenvalue weighted by Crippen LogP contribution is 2.21. The van der Waals surface area contributed by atoms with Crippen molar-refractivity contribution in [3.05, 3.63) is 36.7 Å². The predicted octanol–water partition coefficient (Wildman–Crippen LogP) is 2.49. The summed E-state index contributed by atoms with van der Waals surface area (Å²) < 4.78 is 0. The molecule has 1 heterocycles. The largest absolute Gasteiger partial charge is 0.325 e. The molecule has 0 bridgehead atoms. The molecular weight excluding hydrogens is 220 g/mol.